The zero-order valence-electron chi connectivity index (χ0n) is 15.2. The Balaban J connectivity index is 1.86. The van der Waals surface area contributed by atoms with Crippen LogP contribution in [-0.4, -0.2) is 31.1 Å². The van der Waals surface area contributed by atoms with Crippen LogP contribution in [0.25, 0.3) is 6.08 Å². The zero-order chi connectivity index (χ0) is 20.1. The summed E-state index contributed by atoms with van der Waals surface area (Å²) in [6.07, 6.45) is 1.55. The second-order valence-electron chi connectivity index (χ2n) is 5.86. The Labute approximate surface area is 161 Å². The molecule has 1 aliphatic rings. The highest BCUT2D eigenvalue weighted by molar-refractivity contribution is 6.28. The van der Waals surface area contributed by atoms with Gasteiger partial charge in [0.15, 0.2) is 18.1 Å². The van der Waals surface area contributed by atoms with Gasteiger partial charge in [-0.15, -0.1) is 0 Å². The van der Waals surface area contributed by atoms with Crippen LogP contribution in [0.4, 0.5) is 10.5 Å². The monoisotopic (exact) mass is 381 g/mol. The highest BCUT2D eigenvalue weighted by Gasteiger charge is 2.34. The molecular formula is C20H19N3O5. The summed E-state index contributed by atoms with van der Waals surface area (Å²) >= 11 is 0. The molecule has 0 spiro atoms. The van der Waals surface area contributed by atoms with Gasteiger partial charge < -0.3 is 20.5 Å². The molecule has 4 amide bonds. The van der Waals surface area contributed by atoms with Crippen LogP contribution in [0.2, 0.25) is 0 Å². The van der Waals surface area contributed by atoms with Crippen LogP contribution in [0.5, 0.6) is 11.5 Å². The van der Waals surface area contributed by atoms with Crippen molar-refractivity contribution < 1.29 is 23.9 Å². The molecule has 1 heterocycles. The van der Waals surface area contributed by atoms with Crippen molar-refractivity contribution in [3.05, 3.63) is 59.8 Å². The second kappa shape index (κ2) is 8.26. The van der Waals surface area contributed by atoms with Gasteiger partial charge in [0.1, 0.15) is 5.70 Å². The largest absolute Gasteiger partial charge is 0.490 e. The third kappa shape index (κ3) is 4.12. The van der Waals surface area contributed by atoms with Crippen molar-refractivity contribution in [1.29, 1.82) is 0 Å². The number of imide groups is 1. The molecule has 1 fully saturated rings. The van der Waals surface area contributed by atoms with Gasteiger partial charge in [-0.2, -0.15) is 0 Å². The lowest BCUT2D eigenvalue weighted by atomic mass is 10.1. The molecule has 2 aromatic carbocycles. The molecule has 3 N–H and O–H groups in total. The number of hydrogen-bond donors (Lipinski definition) is 2. The standard InChI is InChI=1S/C20H19N3O5/c1-2-27-17-11-13(8-9-16(17)28-12-18(21)24)10-15-19(25)23(20(26)22-15)14-6-4-3-5-7-14/h3-11H,2,12H2,1H3,(H2,21,24)(H,22,26). The van der Waals surface area contributed by atoms with E-state index in [4.69, 9.17) is 15.2 Å². The molecule has 28 heavy (non-hydrogen) atoms. The van der Waals surface area contributed by atoms with Gasteiger partial charge in [-0.05, 0) is 42.8 Å². The van der Waals surface area contributed by atoms with Gasteiger partial charge in [0, 0.05) is 0 Å². The molecule has 0 saturated carbocycles. The second-order valence-corrected chi connectivity index (χ2v) is 5.86. The first-order valence-corrected chi connectivity index (χ1v) is 8.59. The summed E-state index contributed by atoms with van der Waals surface area (Å²) in [6.45, 7) is 1.91. The summed E-state index contributed by atoms with van der Waals surface area (Å²) in [6, 6.07) is 13.1. The number of carbonyl (C=O) groups is 3. The molecule has 0 atom stereocenters. The minimum atomic E-state index is -0.603. The number of anilines is 1. The number of rotatable bonds is 7. The van der Waals surface area contributed by atoms with Gasteiger partial charge in [0.2, 0.25) is 0 Å². The predicted octanol–water partition coefficient (Wildman–Crippen LogP) is 2.05. The number of urea groups is 1. The highest BCUT2D eigenvalue weighted by Crippen LogP contribution is 2.30. The van der Waals surface area contributed by atoms with Gasteiger partial charge in [0.25, 0.3) is 11.8 Å². The van der Waals surface area contributed by atoms with E-state index >= 15 is 0 Å². The van der Waals surface area contributed by atoms with Crippen molar-refractivity contribution in [2.45, 2.75) is 6.92 Å². The maximum absolute atomic E-state index is 12.6. The van der Waals surface area contributed by atoms with Gasteiger partial charge in [-0.1, -0.05) is 24.3 Å². The van der Waals surface area contributed by atoms with Crippen molar-refractivity contribution in [1.82, 2.24) is 5.32 Å². The lowest BCUT2D eigenvalue weighted by molar-refractivity contribution is -0.120. The smallest absolute Gasteiger partial charge is 0.333 e. The lowest BCUT2D eigenvalue weighted by Crippen LogP contribution is -2.30. The van der Waals surface area contributed by atoms with E-state index in [0.29, 0.717) is 29.4 Å². The quantitative estimate of drug-likeness (QED) is 0.563. The molecule has 0 radical (unpaired) electrons. The number of carbonyl (C=O) groups excluding carboxylic acids is 3. The number of benzene rings is 2. The van der Waals surface area contributed by atoms with Crippen molar-refractivity contribution in [3.63, 3.8) is 0 Å². The van der Waals surface area contributed by atoms with E-state index in [2.05, 4.69) is 5.32 Å². The lowest BCUT2D eigenvalue weighted by Gasteiger charge is -2.12. The van der Waals surface area contributed by atoms with Crippen LogP contribution in [0.15, 0.2) is 54.2 Å². The van der Waals surface area contributed by atoms with E-state index in [0.717, 1.165) is 4.90 Å². The first kappa shape index (κ1) is 19.0. The normalized spacial score (nSPS) is 14.9. The number of nitrogens with zero attached hydrogens (tertiary/aromatic N) is 1. The number of ether oxygens (including phenoxy) is 2. The molecule has 1 saturated heterocycles. The molecular weight excluding hydrogens is 362 g/mol. The van der Waals surface area contributed by atoms with Crippen LogP contribution < -0.4 is 25.4 Å². The average Bonchev–Trinajstić information content (AvgIpc) is 2.95. The van der Waals surface area contributed by atoms with Gasteiger partial charge in [0.05, 0.1) is 12.3 Å². The first-order valence-electron chi connectivity index (χ1n) is 8.59. The fourth-order valence-corrected chi connectivity index (χ4v) is 2.66. The summed E-state index contributed by atoms with van der Waals surface area (Å²) in [5, 5.41) is 2.57. The third-order valence-corrected chi connectivity index (χ3v) is 3.84. The molecule has 8 heteroatoms. The summed E-state index contributed by atoms with van der Waals surface area (Å²) in [5.74, 6) is -0.303. The minimum absolute atomic E-state index is 0.141. The van der Waals surface area contributed by atoms with Crippen molar-refractivity contribution in [3.8, 4) is 11.5 Å². The Kier molecular flexibility index (Phi) is 5.59. The van der Waals surface area contributed by atoms with Gasteiger partial charge >= 0.3 is 6.03 Å². The Morgan fingerprint density at radius 2 is 1.86 bits per heavy atom. The number of para-hydroxylation sites is 1. The molecule has 0 unspecified atom stereocenters. The summed E-state index contributed by atoms with van der Waals surface area (Å²) in [7, 11) is 0. The van der Waals surface area contributed by atoms with Crippen LogP contribution in [0, 0.1) is 0 Å². The SMILES string of the molecule is CCOc1cc(C=C2NC(=O)N(c3ccccc3)C2=O)ccc1OCC(N)=O. The number of nitrogens with two attached hydrogens (primary N) is 1. The number of hydrogen-bond acceptors (Lipinski definition) is 5. The van der Waals surface area contributed by atoms with Crippen molar-refractivity contribution in [2.75, 3.05) is 18.1 Å². The molecule has 3 rings (SSSR count). The van der Waals surface area contributed by atoms with Crippen LogP contribution in [-0.2, 0) is 9.59 Å². The average molecular weight is 381 g/mol. The molecule has 0 aromatic heterocycles. The van der Waals surface area contributed by atoms with E-state index in [1.165, 1.54) is 0 Å². The van der Waals surface area contributed by atoms with E-state index in [1.807, 2.05) is 6.92 Å². The highest BCUT2D eigenvalue weighted by atomic mass is 16.5. The summed E-state index contributed by atoms with van der Waals surface area (Å²) in [5.41, 5.74) is 6.34. The molecule has 2 aromatic rings. The van der Waals surface area contributed by atoms with Crippen LogP contribution >= 0.6 is 0 Å². The maximum atomic E-state index is 12.6. The van der Waals surface area contributed by atoms with E-state index in [1.54, 1.807) is 54.6 Å². The first-order chi connectivity index (χ1) is 13.5. The van der Waals surface area contributed by atoms with E-state index in [9.17, 15) is 14.4 Å². The van der Waals surface area contributed by atoms with E-state index < -0.39 is 17.8 Å². The molecule has 1 aliphatic heterocycles. The van der Waals surface area contributed by atoms with Crippen LogP contribution in [0.1, 0.15) is 12.5 Å². The molecule has 8 nitrogen and oxygen atoms in total. The third-order valence-electron chi connectivity index (χ3n) is 3.84. The number of nitrogens with one attached hydrogen (secondary N) is 1. The zero-order valence-corrected chi connectivity index (χ0v) is 15.2. The number of primary amides is 1. The maximum Gasteiger partial charge on any atom is 0.333 e. The van der Waals surface area contributed by atoms with Gasteiger partial charge in [-0.25, -0.2) is 9.69 Å². The minimum Gasteiger partial charge on any atom is -0.490 e. The molecule has 0 aliphatic carbocycles. The predicted molar refractivity (Wildman–Crippen MR) is 103 cm³/mol. The Morgan fingerprint density at radius 3 is 2.54 bits per heavy atom. The fourth-order valence-electron chi connectivity index (χ4n) is 2.66. The van der Waals surface area contributed by atoms with Crippen molar-refractivity contribution in [2.24, 2.45) is 5.73 Å². The Bertz CT molecular complexity index is 940. The van der Waals surface area contributed by atoms with Crippen LogP contribution in [0.3, 0.4) is 0 Å². The molecule has 0 bridgehead atoms. The molecule has 144 valence electrons. The Hall–Kier alpha value is -3.81. The fraction of sp³-hybridized carbons (Fsp3) is 0.150. The summed E-state index contributed by atoms with van der Waals surface area (Å²) < 4.78 is 10.8. The van der Waals surface area contributed by atoms with E-state index in [-0.39, 0.29) is 12.3 Å². The van der Waals surface area contributed by atoms with Crippen molar-refractivity contribution >= 4 is 29.6 Å². The van der Waals surface area contributed by atoms with Gasteiger partial charge in [-0.3, -0.25) is 9.59 Å². The number of amides is 4. The Morgan fingerprint density at radius 1 is 1.11 bits per heavy atom. The summed E-state index contributed by atoms with van der Waals surface area (Å²) in [4.78, 5) is 36.9. The topological polar surface area (TPSA) is 111 Å².